The highest BCUT2D eigenvalue weighted by Gasteiger charge is 2.22. The van der Waals surface area contributed by atoms with Crippen LogP contribution in [0.4, 0.5) is 0 Å². The summed E-state index contributed by atoms with van der Waals surface area (Å²) in [5, 5.41) is 17.6. The zero-order valence-corrected chi connectivity index (χ0v) is 10.2. The highest BCUT2D eigenvalue weighted by molar-refractivity contribution is 5.96. The topological polar surface area (TPSA) is 93.1 Å². The van der Waals surface area contributed by atoms with E-state index in [1.807, 2.05) is 0 Å². The van der Waals surface area contributed by atoms with Gasteiger partial charge in [-0.05, 0) is 13.3 Å². The predicted molar refractivity (Wildman–Crippen MR) is 59.4 cm³/mol. The van der Waals surface area contributed by atoms with Gasteiger partial charge in [0.2, 0.25) is 0 Å². The molecule has 6 heteroatoms. The molecule has 0 aliphatic heterocycles. The smallest absolute Gasteiger partial charge is 0.337 e. The largest absolute Gasteiger partial charge is 0.478 e. The number of carbonyl (C=O) groups excluding carboxylic acids is 1. The Morgan fingerprint density at radius 3 is 2.35 bits per heavy atom. The molecule has 0 amide bonds. The number of carboxylic acids is 1. The number of aliphatic hydroxyl groups excluding tert-OH is 1. The first-order valence-corrected chi connectivity index (χ1v) is 5.24. The van der Waals surface area contributed by atoms with Crippen LogP contribution in [0.3, 0.4) is 0 Å². The first-order chi connectivity index (χ1) is 7.92. The van der Waals surface area contributed by atoms with Gasteiger partial charge in [0.05, 0.1) is 17.8 Å². The Kier molecular flexibility index (Phi) is 7.16. The van der Waals surface area contributed by atoms with Gasteiger partial charge in [0, 0.05) is 13.2 Å². The van der Waals surface area contributed by atoms with Crippen molar-refractivity contribution in [2.75, 3.05) is 13.7 Å². The average Bonchev–Trinajstić information content (AvgIpc) is 2.25. The van der Waals surface area contributed by atoms with E-state index < -0.39 is 24.1 Å². The Balaban J connectivity index is 4.80. The van der Waals surface area contributed by atoms with E-state index in [1.165, 1.54) is 14.0 Å². The zero-order valence-electron chi connectivity index (χ0n) is 10.2. The van der Waals surface area contributed by atoms with Crippen molar-refractivity contribution < 1.29 is 29.3 Å². The fourth-order valence-electron chi connectivity index (χ4n) is 1.21. The van der Waals surface area contributed by atoms with Gasteiger partial charge in [-0.15, -0.1) is 0 Å². The number of hydrogen-bond acceptors (Lipinski definition) is 5. The fraction of sp³-hybridized carbons (Fsp3) is 0.636. The number of carboxylic acid groups (broad SMARTS) is 1. The molecule has 0 rings (SSSR count). The van der Waals surface area contributed by atoms with Crippen LogP contribution in [0.25, 0.3) is 0 Å². The molecule has 0 bridgehead atoms. The molecule has 0 spiro atoms. The number of ether oxygens (including phenoxy) is 2. The van der Waals surface area contributed by atoms with E-state index in [-0.39, 0.29) is 12.2 Å². The molecule has 17 heavy (non-hydrogen) atoms. The molecule has 6 nitrogen and oxygen atoms in total. The maximum absolute atomic E-state index is 11.6. The predicted octanol–water partition coefficient (Wildman–Crippen LogP) is 0.346. The fourth-order valence-corrected chi connectivity index (χ4v) is 1.21. The van der Waals surface area contributed by atoms with Gasteiger partial charge < -0.3 is 19.7 Å². The summed E-state index contributed by atoms with van der Waals surface area (Å²) in [4.78, 5) is 22.2. The minimum Gasteiger partial charge on any atom is -0.478 e. The maximum atomic E-state index is 11.6. The molecule has 0 heterocycles. The van der Waals surface area contributed by atoms with Crippen LogP contribution >= 0.6 is 0 Å². The molecule has 0 saturated carbocycles. The van der Waals surface area contributed by atoms with E-state index in [1.54, 1.807) is 6.92 Å². The third-order valence-corrected chi connectivity index (χ3v) is 1.97. The molecule has 98 valence electrons. The highest BCUT2D eigenvalue weighted by atomic mass is 16.5. The van der Waals surface area contributed by atoms with Crippen LogP contribution in [0.2, 0.25) is 0 Å². The lowest BCUT2D eigenvalue weighted by Gasteiger charge is -2.16. The molecule has 0 saturated heterocycles. The van der Waals surface area contributed by atoms with Gasteiger partial charge in [-0.1, -0.05) is 6.92 Å². The number of aliphatic carboxylic acids is 1. The van der Waals surface area contributed by atoms with Crippen molar-refractivity contribution in [3.05, 3.63) is 11.6 Å². The van der Waals surface area contributed by atoms with E-state index >= 15 is 0 Å². The molecule has 0 radical (unpaired) electrons. The molecular formula is C11H18O6. The minimum atomic E-state index is -1.25. The van der Waals surface area contributed by atoms with Gasteiger partial charge in [0.1, 0.15) is 6.61 Å². The lowest BCUT2D eigenvalue weighted by molar-refractivity contribution is -0.143. The zero-order chi connectivity index (χ0) is 13.4. The molecule has 2 atom stereocenters. The van der Waals surface area contributed by atoms with Gasteiger partial charge in [-0.25, -0.2) is 9.59 Å². The Labute approximate surface area is 99.8 Å². The number of rotatable bonds is 7. The second-order valence-electron chi connectivity index (χ2n) is 3.52. The Morgan fingerprint density at radius 2 is 2.00 bits per heavy atom. The third-order valence-electron chi connectivity index (χ3n) is 1.97. The normalized spacial score (nSPS) is 15.2. The van der Waals surface area contributed by atoms with Crippen LogP contribution in [-0.4, -0.2) is 48.1 Å². The maximum Gasteiger partial charge on any atom is 0.337 e. The van der Waals surface area contributed by atoms with Crippen LogP contribution < -0.4 is 0 Å². The van der Waals surface area contributed by atoms with Gasteiger partial charge in [0.15, 0.2) is 0 Å². The molecule has 0 aliphatic rings. The second-order valence-corrected chi connectivity index (χ2v) is 3.52. The molecular weight excluding hydrogens is 228 g/mol. The summed E-state index contributed by atoms with van der Waals surface area (Å²) in [5.74, 6) is -2.04. The number of esters is 1. The Bertz CT molecular complexity index is 290. The van der Waals surface area contributed by atoms with Crippen molar-refractivity contribution >= 4 is 11.9 Å². The van der Waals surface area contributed by atoms with Gasteiger partial charge in [-0.3, -0.25) is 0 Å². The number of methoxy groups -OCH3 is 1. The standard InChI is InChI=1S/C11H18O6/c1-4-9(16-3)8(5-10(13)14)11(15)17-6-7(2)12/h5,7,9,12H,4,6H2,1-3H3,(H,13,14). The Morgan fingerprint density at radius 1 is 1.41 bits per heavy atom. The van der Waals surface area contributed by atoms with Gasteiger partial charge in [-0.2, -0.15) is 0 Å². The first kappa shape index (κ1) is 15.6. The first-order valence-electron chi connectivity index (χ1n) is 5.24. The molecule has 0 aromatic rings. The molecule has 0 aromatic carbocycles. The van der Waals surface area contributed by atoms with Crippen molar-refractivity contribution in [1.82, 2.24) is 0 Å². The average molecular weight is 246 g/mol. The summed E-state index contributed by atoms with van der Waals surface area (Å²) in [5.41, 5.74) is -0.0665. The minimum absolute atomic E-state index is 0.0665. The van der Waals surface area contributed by atoms with E-state index in [9.17, 15) is 9.59 Å². The lowest BCUT2D eigenvalue weighted by atomic mass is 10.1. The third kappa shape index (κ3) is 6.03. The quantitative estimate of drug-likeness (QED) is 0.497. The van der Waals surface area contributed by atoms with E-state index in [4.69, 9.17) is 19.7 Å². The van der Waals surface area contributed by atoms with Crippen LogP contribution in [0, 0.1) is 0 Å². The van der Waals surface area contributed by atoms with Crippen LogP contribution in [0.15, 0.2) is 11.6 Å². The van der Waals surface area contributed by atoms with Crippen molar-refractivity contribution in [1.29, 1.82) is 0 Å². The molecule has 2 unspecified atom stereocenters. The molecule has 0 aromatic heterocycles. The monoisotopic (exact) mass is 246 g/mol. The summed E-state index contributed by atoms with van der Waals surface area (Å²) in [7, 11) is 1.38. The molecule has 0 aliphatic carbocycles. The Hall–Kier alpha value is -1.40. The number of hydrogen-bond donors (Lipinski definition) is 2. The van der Waals surface area contributed by atoms with Crippen LogP contribution in [0.5, 0.6) is 0 Å². The lowest BCUT2D eigenvalue weighted by Crippen LogP contribution is -2.25. The summed E-state index contributed by atoms with van der Waals surface area (Å²) in [6, 6.07) is 0. The summed E-state index contributed by atoms with van der Waals surface area (Å²) < 4.78 is 9.75. The van der Waals surface area contributed by atoms with E-state index in [2.05, 4.69) is 0 Å². The SMILES string of the molecule is CCC(OC)C(=CC(=O)O)C(=O)OCC(C)O. The van der Waals surface area contributed by atoms with Crippen LogP contribution in [0.1, 0.15) is 20.3 Å². The van der Waals surface area contributed by atoms with Crippen LogP contribution in [-0.2, 0) is 19.1 Å². The van der Waals surface area contributed by atoms with Crippen molar-refractivity contribution in [3.8, 4) is 0 Å². The summed E-state index contributed by atoms with van der Waals surface area (Å²) in [6.07, 6.45) is -0.221. The second kappa shape index (κ2) is 7.81. The highest BCUT2D eigenvalue weighted by Crippen LogP contribution is 2.12. The van der Waals surface area contributed by atoms with E-state index in [0.29, 0.717) is 6.42 Å². The summed E-state index contributed by atoms with van der Waals surface area (Å²) >= 11 is 0. The number of aliphatic hydroxyl groups is 1. The van der Waals surface area contributed by atoms with Crippen molar-refractivity contribution in [2.45, 2.75) is 32.5 Å². The summed E-state index contributed by atoms with van der Waals surface area (Å²) in [6.45, 7) is 3.03. The number of carbonyl (C=O) groups is 2. The van der Waals surface area contributed by atoms with Crippen molar-refractivity contribution in [2.24, 2.45) is 0 Å². The molecule has 0 fully saturated rings. The molecule has 2 N–H and O–H groups in total. The van der Waals surface area contributed by atoms with Gasteiger partial charge >= 0.3 is 11.9 Å². The van der Waals surface area contributed by atoms with Crippen molar-refractivity contribution in [3.63, 3.8) is 0 Å². The van der Waals surface area contributed by atoms with E-state index in [0.717, 1.165) is 6.08 Å². The van der Waals surface area contributed by atoms with Gasteiger partial charge in [0.25, 0.3) is 0 Å².